The van der Waals surface area contributed by atoms with Crippen LogP contribution in [-0.2, 0) is 4.74 Å². The molecule has 0 spiro atoms. The molecule has 0 saturated carbocycles. The molecule has 7 nitrogen and oxygen atoms in total. The van der Waals surface area contributed by atoms with E-state index in [1.165, 1.54) is 10.6 Å². The first-order valence-electron chi connectivity index (χ1n) is 11.0. The summed E-state index contributed by atoms with van der Waals surface area (Å²) >= 11 is 1.83. The van der Waals surface area contributed by atoms with Crippen LogP contribution in [0.4, 0.5) is 5.69 Å². The fourth-order valence-corrected chi connectivity index (χ4v) is 5.13. The van der Waals surface area contributed by atoms with Crippen LogP contribution in [0.15, 0.2) is 46.8 Å². The Morgan fingerprint density at radius 3 is 2.45 bits per heavy atom. The Hall–Kier alpha value is -2.29. The lowest BCUT2D eigenvalue weighted by atomic mass is 10.2. The molecule has 1 N–H and O–H groups in total. The number of rotatable bonds is 6. The van der Waals surface area contributed by atoms with E-state index in [1.54, 1.807) is 7.11 Å². The van der Waals surface area contributed by atoms with E-state index in [0.717, 1.165) is 70.7 Å². The number of nitrogens with one attached hydrogen (secondary N) is 1. The topological polar surface area (TPSA) is 52.6 Å². The van der Waals surface area contributed by atoms with Crippen molar-refractivity contribution in [3.8, 4) is 5.75 Å². The molecular weight excluding hydrogens is 410 g/mol. The molecule has 1 unspecified atom stereocenters. The number of benzene rings is 1. The van der Waals surface area contributed by atoms with Gasteiger partial charge in [0, 0.05) is 63.4 Å². The largest absolute Gasteiger partial charge is 0.497 e. The van der Waals surface area contributed by atoms with Crippen molar-refractivity contribution in [2.75, 3.05) is 78.1 Å². The SMILES string of the molecule is CN=C(NCC(c1cccs1)N1CCOCC1)N1CCN(c2ccc(OC)cc2)CC1. The van der Waals surface area contributed by atoms with E-state index in [-0.39, 0.29) is 0 Å². The Morgan fingerprint density at radius 2 is 1.84 bits per heavy atom. The summed E-state index contributed by atoms with van der Waals surface area (Å²) in [5.41, 5.74) is 1.24. The van der Waals surface area contributed by atoms with Crippen molar-refractivity contribution in [2.24, 2.45) is 4.99 Å². The van der Waals surface area contributed by atoms with E-state index in [9.17, 15) is 0 Å². The first kappa shape index (κ1) is 21.9. The summed E-state index contributed by atoms with van der Waals surface area (Å²) in [7, 11) is 3.58. The number of methoxy groups -OCH3 is 1. The van der Waals surface area contributed by atoms with Crippen molar-refractivity contribution in [1.29, 1.82) is 0 Å². The van der Waals surface area contributed by atoms with Crippen LogP contribution >= 0.6 is 11.3 Å². The number of guanidine groups is 1. The van der Waals surface area contributed by atoms with E-state index in [4.69, 9.17) is 9.47 Å². The second-order valence-corrected chi connectivity index (χ2v) is 8.76. The molecule has 2 aliphatic heterocycles. The molecule has 31 heavy (non-hydrogen) atoms. The first-order chi connectivity index (χ1) is 15.3. The second kappa shape index (κ2) is 10.8. The Labute approximate surface area is 189 Å². The van der Waals surface area contributed by atoms with Gasteiger partial charge in [-0.25, -0.2) is 0 Å². The number of morpholine rings is 1. The van der Waals surface area contributed by atoms with Gasteiger partial charge in [0.2, 0.25) is 0 Å². The molecule has 8 heteroatoms. The van der Waals surface area contributed by atoms with Crippen molar-refractivity contribution < 1.29 is 9.47 Å². The van der Waals surface area contributed by atoms with Crippen LogP contribution in [-0.4, -0.2) is 88.9 Å². The zero-order chi connectivity index (χ0) is 21.5. The average Bonchev–Trinajstić information content (AvgIpc) is 3.37. The summed E-state index contributed by atoms with van der Waals surface area (Å²) in [5.74, 6) is 1.89. The monoisotopic (exact) mass is 443 g/mol. The van der Waals surface area contributed by atoms with Crippen LogP contribution < -0.4 is 15.0 Å². The van der Waals surface area contributed by atoms with Crippen LogP contribution in [0, 0.1) is 0 Å². The van der Waals surface area contributed by atoms with Crippen molar-refractivity contribution >= 4 is 23.0 Å². The summed E-state index contributed by atoms with van der Waals surface area (Å²) < 4.78 is 10.8. The minimum Gasteiger partial charge on any atom is -0.497 e. The zero-order valence-electron chi connectivity index (χ0n) is 18.5. The van der Waals surface area contributed by atoms with E-state index < -0.39 is 0 Å². The maximum atomic E-state index is 5.57. The molecule has 0 radical (unpaired) electrons. The number of aliphatic imine (C=N–C) groups is 1. The zero-order valence-corrected chi connectivity index (χ0v) is 19.3. The normalized spacial score (nSPS) is 19.4. The van der Waals surface area contributed by atoms with Crippen LogP contribution in [0.2, 0.25) is 0 Å². The number of nitrogens with zero attached hydrogens (tertiary/aromatic N) is 4. The quantitative estimate of drug-likeness (QED) is 0.547. The molecule has 1 atom stereocenters. The van der Waals surface area contributed by atoms with Gasteiger partial charge in [0.05, 0.1) is 26.4 Å². The van der Waals surface area contributed by atoms with Gasteiger partial charge in [-0.15, -0.1) is 11.3 Å². The third kappa shape index (κ3) is 5.50. The molecule has 1 aromatic carbocycles. The summed E-state index contributed by atoms with van der Waals surface area (Å²) in [4.78, 5) is 13.3. The molecule has 168 valence electrons. The lowest BCUT2D eigenvalue weighted by Crippen LogP contribution is -2.54. The number of ether oxygens (including phenoxy) is 2. The Balaban J connectivity index is 1.33. The Kier molecular flexibility index (Phi) is 7.66. The maximum Gasteiger partial charge on any atom is 0.193 e. The average molecular weight is 444 g/mol. The number of hydrogen-bond acceptors (Lipinski definition) is 6. The number of anilines is 1. The van der Waals surface area contributed by atoms with Crippen LogP contribution in [0.25, 0.3) is 0 Å². The standard InChI is InChI=1S/C23H33N5O2S/c1-24-23(25-18-21(22-4-3-17-31-22)27-13-15-30-16-14-27)28-11-9-26(10-12-28)19-5-7-20(29-2)8-6-19/h3-8,17,21H,9-16,18H2,1-2H3,(H,24,25). The molecule has 4 rings (SSSR count). The Morgan fingerprint density at radius 1 is 1.10 bits per heavy atom. The highest BCUT2D eigenvalue weighted by atomic mass is 32.1. The lowest BCUT2D eigenvalue weighted by molar-refractivity contribution is 0.0176. The fraction of sp³-hybridized carbons (Fsp3) is 0.522. The van der Waals surface area contributed by atoms with Crippen molar-refractivity contribution in [3.63, 3.8) is 0 Å². The molecular formula is C23H33N5O2S. The summed E-state index contributed by atoms with van der Waals surface area (Å²) in [6, 6.07) is 13.0. The third-order valence-electron chi connectivity index (χ3n) is 6.04. The predicted octanol–water partition coefficient (Wildman–Crippen LogP) is 2.53. The van der Waals surface area contributed by atoms with Gasteiger partial charge >= 0.3 is 0 Å². The molecule has 1 aromatic heterocycles. The van der Waals surface area contributed by atoms with E-state index in [0.29, 0.717) is 6.04 Å². The molecule has 0 amide bonds. The van der Waals surface area contributed by atoms with E-state index in [1.807, 2.05) is 30.5 Å². The summed E-state index contributed by atoms with van der Waals surface area (Å²) in [6.45, 7) is 8.28. The number of piperazine rings is 1. The minimum atomic E-state index is 0.348. The van der Waals surface area contributed by atoms with Gasteiger partial charge in [0.15, 0.2) is 5.96 Å². The summed E-state index contributed by atoms with van der Waals surface area (Å²) in [6.07, 6.45) is 0. The van der Waals surface area contributed by atoms with E-state index in [2.05, 4.69) is 54.7 Å². The smallest absolute Gasteiger partial charge is 0.193 e. The van der Waals surface area contributed by atoms with Crippen LogP contribution in [0.1, 0.15) is 10.9 Å². The highest BCUT2D eigenvalue weighted by Crippen LogP contribution is 2.25. The first-order valence-corrected chi connectivity index (χ1v) is 11.9. The van der Waals surface area contributed by atoms with Gasteiger partial charge in [0.25, 0.3) is 0 Å². The summed E-state index contributed by atoms with van der Waals surface area (Å²) in [5, 5.41) is 5.82. The van der Waals surface area contributed by atoms with E-state index >= 15 is 0 Å². The van der Waals surface area contributed by atoms with Crippen LogP contribution in [0.3, 0.4) is 0 Å². The van der Waals surface area contributed by atoms with Gasteiger partial charge in [0.1, 0.15) is 5.75 Å². The van der Waals surface area contributed by atoms with Gasteiger partial charge in [-0.1, -0.05) is 6.07 Å². The molecule has 2 saturated heterocycles. The van der Waals surface area contributed by atoms with Crippen LogP contribution in [0.5, 0.6) is 5.75 Å². The predicted molar refractivity (Wildman–Crippen MR) is 128 cm³/mol. The molecule has 0 aliphatic carbocycles. The molecule has 0 bridgehead atoms. The molecule has 3 heterocycles. The number of thiophene rings is 1. The second-order valence-electron chi connectivity index (χ2n) is 7.78. The minimum absolute atomic E-state index is 0.348. The van der Waals surface area contributed by atoms with Crippen molar-refractivity contribution in [2.45, 2.75) is 6.04 Å². The van der Waals surface area contributed by atoms with Gasteiger partial charge in [-0.2, -0.15) is 0 Å². The van der Waals surface area contributed by atoms with Gasteiger partial charge < -0.3 is 24.6 Å². The third-order valence-corrected chi connectivity index (χ3v) is 7.01. The van der Waals surface area contributed by atoms with Gasteiger partial charge in [-0.3, -0.25) is 9.89 Å². The highest BCUT2D eigenvalue weighted by Gasteiger charge is 2.25. The maximum absolute atomic E-state index is 5.57. The van der Waals surface area contributed by atoms with Gasteiger partial charge in [-0.05, 0) is 35.7 Å². The Bertz CT molecular complexity index is 813. The molecule has 2 fully saturated rings. The fourth-order valence-electron chi connectivity index (χ4n) is 4.27. The lowest BCUT2D eigenvalue weighted by Gasteiger charge is -2.39. The molecule has 2 aliphatic rings. The van der Waals surface area contributed by atoms with Crippen molar-refractivity contribution in [3.05, 3.63) is 46.7 Å². The van der Waals surface area contributed by atoms with Crippen molar-refractivity contribution in [1.82, 2.24) is 15.1 Å². The number of hydrogen-bond donors (Lipinski definition) is 1. The highest BCUT2D eigenvalue weighted by molar-refractivity contribution is 7.10. The molecule has 2 aromatic rings.